The van der Waals surface area contributed by atoms with E-state index in [1.807, 2.05) is 0 Å². The molecule has 0 bridgehead atoms. The lowest BCUT2D eigenvalue weighted by molar-refractivity contribution is 0.249. The maximum atomic E-state index is 5.83. The van der Waals surface area contributed by atoms with Crippen LogP contribution in [0.1, 0.15) is 18.4 Å². The maximum absolute atomic E-state index is 5.83. The topological polar surface area (TPSA) is 32.5 Å². The van der Waals surface area contributed by atoms with Gasteiger partial charge in [0.25, 0.3) is 0 Å². The minimum absolute atomic E-state index is 0.607. The van der Waals surface area contributed by atoms with Gasteiger partial charge >= 0.3 is 0 Å². The van der Waals surface area contributed by atoms with Crippen molar-refractivity contribution in [2.24, 2.45) is 5.73 Å². The highest BCUT2D eigenvalue weighted by atomic mass is 79.9. The van der Waals surface area contributed by atoms with E-state index in [1.54, 1.807) is 0 Å². The van der Waals surface area contributed by atoms with Crippen molar-refractivity contribution >= 4 is 21.6 Å². The van der Waals surface area contributed by atoms with Crippen LogP contribution in [0.25, 0.3) is 0 Å². The number of anilines is 1. The SMILES string of the molecule is CN(C)C1CCN(c2cc(Br)ccc2CN)CC1. The number of nitrogens with two attached hydrogens (primary N) is 1. The normalized spacial score (nSPS) is 17.5. The van der Waals surface area contributed by atoms with Crippen LogP contribution in [0.3, 0.4) is 0 Å². The molecule has 0 spiro atoms. The summed E-state index contributed by atoms with van der Waals surface area (Å²) in [6.07, 6.45) is 2.45. The lowest BCUT2D eigenvalue weighted by Gasteiger charge is -2.37. The van der Waals surface area contributed by atoms with Crippen LogP contribution in [0.2, 0.25) is 0 Å². The molecule has 0 atom stereocenters. The first-order valence-electron chi connectivity index (χ1n) is 6.51. The number of piperidine rings is 1. The van der Waals surface area contributed by atoms with Gasteiger partial charge < -0.3 is 15.5 Å². The Morgan fingerprint density at radius 3 is 2.56 bits per heavy atom. The highest BCUT2D eigenvalue weighted by molar-refractivity contribution is 9.10. The van der Waals surface area contributed by atoms with Crippen molar-refractivity contribution in [3.63, 3.8) is 0 Å². The van der Waals surface area contributed by atoms with Crippen LogP contribution in [-0.2, 0) is 6.54 Å². The van der Waals surface area contributed by atoms with Crippen LogP contribution in [-0.4, -0.2) is 38.1 Å². The van der Waals surface area contributed by atoms with Crippen molar-refractivity contribution in [3.05, 3.63) is 28.2 Å². The third-order valence-corrected chi connectivity index (χ3v) is 4.30. The molecule has 2 rings (SSSR count). The average molecular weight is 312 g/mol. The predicted molar refractivity (Wildman–Crippen MR) is 81.0 cm³/mol. The number of nitrogens with zero attached hydrogens (tertiary/aromatic N) is 2. The molecule has 0 aromatic heterocycles. The second-order valence-corrected chi connectivity index (χ2v) is 6.07. The van der Waals surface area contributed by atoms with Crippen molar-refractivity contribution in [2.45, 2.75) is 25.4 Å². The van der Waals surface area contributed by atoms with Gasteiger partial charge in [0.2, 0.25) is 0 Å². The van der Waals surface area contributed by atoms with E-state index < -0.39 is 0 Å². The molecule has 1 aromatic carbocycles. The van der Waals surface area contributed by atoms with Crippen molar-refractivity contribution in [3.8, 4) is 0 Å². The number of halogens is 1. The predicted octanol–water partition coefficient (Wildman–Crippen LogP) is 2.44. The summed E-state index contributed by atoms with van der Waals surface area (Å²) in [6, 6.07) is 7.10. The Morgan fingerprint density at radius 2 is 2.00 bits per heavy atom. The summed E-state index contributed by atoms with van der Waals surface area (Å²) < 4.78 is 1.13. The molecule has 3 nitrogen and oxygen atoms in total. The van der Waals surface area contributed by atoms with E-state index in [0.29, 0.717) is 6.54 Å². The monoisotopic (exact) mass is 311 g/mol. The van der Waals surface area contributed by atoms with E-state index in [0.717, 1.165) is 23.6 Å². The average Bonchev–Trinajstić information content (AvgIpc) is 2.39. The maximum Gasteiger partial charge on any atom is 0.0423 e. The number of hydrogen-bond donors (Lipinski definition) is 1. The molecule has 1 aromatic rings. The van der Waals surface area contributed by atoms with Gasteiger partial charge in [-0.1, -0.05) is 22.0 Å². The molecule has 0 amide bonds. The largest absolute Gasteiger partial charge is 0.371 e. The minimum atomic E-state index is 0.607. The molecular weight excluding hydrogens is 290 g/mol. The molecule has 4 heteroatoms. The van der Waals surface area contributed by atoms with Gasteiger partial charge in [-0.15, -0.1) is 0 Å². The smallest absolute Gasteiger partial charge is 0.0423 e. The van der Waals surface area contributed by atoms with Crippen molar-refractivity contribution < 1.29 is 0 Å². The van der Waals surface area contributed by atoms with Crippen LogP contribution in [0, 0.1) is 0 Å². The third kappa shape index (κ3) is 3.05. The Balaban J connectivity index is 2.11. The summed E-state index contributed by atoms with van der Waals surface area (Å²) in [7, 11) is 4.34. The molecule has 2 N–H and O–H groups in total. The van der Waals surface area contributed by atoms with Gasteiger partial charge in [0.15, 0.2) is 0 Å². The second-order valence-electron chi connectivity index (χ2n) is 5.16. The fourth-order valence-corrected chi connectivity index (χ4v) is 2.98. The van der Waals surface area contributed by atoms with Crippen molar-refractivity contribution in [2.75, 3.05) is 32.1 Å². The van der Waals surface area contributed by atoms with Gasteiger partial charge in [-0.2, -0.15) is 0 Å². The first-order valence-corrected chi connectivity index (χ1v) is 7.31. The van der Waals surface area contributed by atoms with E-state index in [4.69, 9.17) is 5.73 Å². The van der Waals surface area contributed by atoms with Gasteiger partial charge in [-0.3, -0.25) is 0 Å². The Bertz CT molecular complexity index is 398. The molecule has 1 heterocycles. The highest BCUT2D eigenvalue weighted by Crippen LogP contribution is 2.28. The van der Waals surface area contributed by atoms with E-state index >= 15 is 0 Å². The van der Waals surface area contributed by atoms with Gasteiger partial charge in [0.05, 0.1) is 0 Å². The Morgan fingerprint density at radius 1 is 1.33 bits per heavy atom. The Hall–Kier alpha value is -0.580. The number of hydrogen-bond acceptors (Lipinski definition) is 3. The number of rotatable bonds is 3. The van der Waals surface area contributed by atoms with E-state index in [-0.39, 0.29) is 0 Å². The molecule has 0 aliphatic carbocycles. The van der Waals surface area contributed by atoms with Crippen molar-refractivity contribution in [1.29, 1.82) is 0 Å². The first-order chi connectivity index (χ1) is 8.61. The van der Waals surface area contributed by atoms with E-state index in [2.05, 4.69) is 58.0 Å². The molecule has 0 unspecified atom stereocenters. The molecule has 1 saturated heterocycles. The van der Waals surface area contributed by atoms with E-state index in [9.17, 15) is 0 Å². The Labute approximate surface area is 118 Å². The lowest BCUT2D eigenvalue weighted by Crippen LogP contribution is -2.42. The third-order valence-electron chi connectivity index (χ3n) is 3.80. The lowest BCUT2D eigenvalue weighted by atomic mass is 10.0. The number of benzene rings is 1. The van der Waals surface area contributed by atoms with Gasteiger partial charge in [-0.05, 0) is 44.6 Å². The first kappa shape index (κ1) is 13.8. The highest BCUT2D eigenvalue weighted by Gasteiger charge is 2.22. The fraction of sp³-hybridized carbons (Fsp3) is 0.571. The van der Waals surface area contributed by atoms with Crippen LogP contribution in [0.5, 0.6) is 0 Å². The van der Waals surface area contributed by atoms with E-state index in [1.165, 1.54) is 24.1 Å². The zero-order valence-electron chi connectivity index (χ0n) is 11.2. The molecule has 0 radical (unpaired) electrons. The van der Waals surface area contributed by atoms with Crippen LogP contribution < -0.4 is 10.6 Å². The zero-order chi connectivity index (χ0) is 13.1. The molecular formula is C14H22BrN3. The van der Waals surface area contributed by atoms with Crippen LogP contribution >= 0.6 is 15.9 Å². The zero-order valence-corrected chi connectivity index (χ0v) is 12.8. The van der Waals surface area contributed by atoms with Crippen molar-refractivity contribution in [1.82, 2.24) is 4.90 Å². The van der Waals surface area contributed by atoms with Gasteiger partial charge in [0.1, 0.15) is 0 Å². The van der Waals surface area contributed by atoms with Gasteiger partial charge in [-0.25, -0.2) is 0 Å². The van der Waals surface area contributed by atoms with Crippen LogP contribution in [0.4, 0.5) is 5.69 Å². The van der Waals surface area contributed by atoms with Gasteiger partial charge in [0, 0.05) is 35.8 Å². The quantitative estimate of drug-likeness (QED) is 0.930. The standard InChI is InChI=1S/C14H22BrN3/c1-17(2)13-5-7-18(8-6-13)14-9-12(15)4-3-11(14)10-16/h3-4,9,13H,5-8,10,16H2,1-2H3. The minimum Gasteiger partial charge on any atom is -0.371 e. The summed E-state index contributed by atoms with van der Waals surface area (Å²) >= 11 is 3.55. The summed E-state index contributed by atoms with van der Waals surface area (Å²) in [5.74, 6) is 0. The molecule has 18 heavy (non-hydrogen) atoms. The molecule has 0 saturated carbocycles. The fourth-order valence-electron chi connectivity index (χ4n) is 2.63. The summed E-state index contributed by atoms with van der Waals surface area (Å²) in [4.78, 5) is 4.80. The summed E-state index contributed by atoms with van der Waals surface area (Å²) in [5, 5.41) is 0. The summed E-state index contributed by atoms with van der Waals surface area (Å²) in [5.41, 5.74) is 8.37. The molecule has 100 valence electrons. The summed E-state index contributed by atoms with van der Waals surface area (Å²) in [6.45, 7) is 2.84. The molecule has 1 fully saturated rings. The molecule has 1 aliphatic rings. The molecule has 1 aliphatic heterocycles. The van der Waals surface area contributed by atoms with Crippen LogP contribution in [0.15, 0.2) is 22.7 Å². The second kappa shape index (κ2) is 6.04. The Kier molecular flexibility index (Phi) is 4.65.